The molecule has 0 spiro atoms. The molecule has 0 radical (unpaired) electrons. The summed E-state index contributed by atoms with van der Waals surface area (Å²) in [4.78, 5) is 28.5. The molecule has 0 fully saturated rings. The Balaban J connectivity index is 2.64. The van der Waals surface area contributed by atoms with E-state index in [4.69, 9.17) is 0 Å². The van der Waals surface area contributed by atoms with Crippen LogP contribution in [0.25, 0.3) is 0 Å². The van der Waals surface area contributed by atoms with Crippen LogP contribution >= 0.6 is 0 Å². The Morgan fingerprint density at radius 2 is 1.60 bits per heavy atom. The van der Waals surface area contributed by atoms with E-state index < -0.39 is 0 Å². The minimum Gasteiger partial charge on any atom is -0.339 e. The third-order valence-electron chi connectivity index (χ3n) is 3.98. The molecule has 0 aliphatic carbocycles. The first-order valence-electron chi connectivity index (χ1n) is 8.67. The smallest absolute Gasteiger partial charge is 0.253 e. The molecule has 1 rings (SSSR count). The summed E-state index contributed by atoms with van der Waals surface area (Å²) in [5.74, 6) is -0.0364. The van der Waals surface area contributed by atoms with E-state index in [-0.39, 0.29) is 11.8 Å². The first-order valence-corrected chi connectivity index (χ1v) is 8.67. The normalized spacial score (nSPS) is 10.9. The van der Waals surface area contributed by atoms with E-state index in [0.29, 0.717) is 37.3 Å². The van der Waals surface area contributed by atoms with Gasteiger partial charge in [-0.2, -0.15) is 0 Å². The van der Waals surface area contributed by atoms with Crippen LogP contribution in [0.2, 0.25) is 0 Å². The van der Waals surface area contributed by atoms with Crippen LogP contribution in [-0.4, -0.2) is 47.8 Å². The molecule has 0 aliphatic heterocycles. The highest BCUT2D eigenvalue weighted by molar-refractivity contribution is 5.96. The molecule has 0 saturated heterocycles. The Labute approximate surface area is 151 Å². The van der Waals surface area contributed by atoms with E-state index in [1.54, 1.807) is 23.1 Å². The largest absolute Gasteiger partial charge is 0.339 e. The van der Waals surface area contributed by atoms with Gasteiger partial charge in [-0.1, -0.05) is 49.6 Å². The summed E-state index contributed by atoms with van der Waals surface area (Å²) < 4.78 is 0. The van der Waals surface area contributed by atoms with E-state index in [1.165, 1.54) is 0 Å². The molecule has 1 aromatic carbocycles. The Morgan fingerprint density at radius 3 is 2.12 bits per heavy atom. The van der Waals surface area contributed by atoms with Gasteiger partial charge in [0.25, 0.3) is 11.8 Å². The maximum atomic E-state index is 12.5. The third kappa shape index (κ3) is 6.07. The molecule has 2 amide bonds. The fraction of sp³-hybridized carbons (Fsp3) is 0.333. The lowest BCUT2D eigenvalue weighted by Gasteiger charge is -2.25. The number of likely N-dealkylation sites (N-methyl/N-ethyl adjacent to an activating group) is 1. The minimum absolute atomic E-state index is 0.0239. The van der Waals surface area contributed by atoms with Crippen molar-refractivity contribution in [3.05, 3.63) is 72.9 Å². The van der Waals surface area contributed by atoms with Gasteiger partial charge in [-0.15, -0.1) is 0 Å². The van der Waals surface area contributed by atoms with Gasteiger partial charge in [-0.25, -0.2) is 0 Å². The lowest BCUT2D eigenvalue weighted by Crippen LogP contribution is -2.36. The molecule has 0 saturated carbocycles. The van der Waals surface area contributed by atoms with Crippen LogP contribution in [0.15, 0.2) is 67.3 Å². The standard InChI is InChI=1S/C21H28N2O2/c1-5-13-18(6-2)20(24)22(7-3)16-12-17-23(8-4)21(25)19-14-10-9-11-15-19/h5-6,9-11,13-15H,1-2,7-8,12,16-17H2,3-4H3/b18-13+. The van der Waals surface area contributed by atoms with Crippen LogP contribution in [0.5, 0.6) is 0 Å². The van der Waals surface area contributed by atoms with Gasteiger partial charge in [-0.3, -0.25) is 9.59 Å². The molecule has 0 aromatic heterocycles. The predicted molar refractivity (Wildman–Crippen MR) is 103 cm³/mol. The second kappa shape index (κ2) is 11.0. The number of carbonyl (C=O) groups excluding carboxylic acids is 2. The molecule has 4 nitrogen and oxygen atoms in total. The van der Waals surface area contributed by atoms with Crippen molar-refractivity contribution >= 4 is 11.8 Å². The monoisotopic (exact) mass is 340 g/mol. The number of nitrogens with zero attached hydrogens (tertiary/aromatic N) is 2. The SMILES string of the molecule is C=C/C=C(\C=C)C(=O)N(CC)CCCN(CC)C(=O)c1ccccc1. The Morgan fingerprint density at radius 1 is 1.00 bits per heavy atom. The van der Waals surface area contributed by atoms with E-state index in [2.05, 4.69) is 13.2 Å². The number of benzene rings is 1. The van der Waals surface area contributed by atoms with Gasteiger partial charge >= 0.3 is 0 Å². The number of carbonyl (C=O) groups is 2. The van der Waals surface area contributed by atoms with Crippen LogP contribution in [0.3, 0.4) is 0 Å². The summed E-state index contributed by atoms with van der Waals surface area (Å²) in [7, 11) is 0. The predicted octanol–water partition coefficient (Wildman–Crippen LogP) is 3.69. The van der Waals surface area contributed by atoms with Crippen molar-refractivity contribution in [3.63, 3.8) is 0 Å². The number of hydrogen-bond donors (Lipinski definition) is 0. The minimum atomic E-state index is -0.0603. The van der Waals surface area contributed by atoms with Crippen molar-refractivity contribution in [1.82, 2.24) is 9.80 Å². The second-order valence-electron chi connectivity index (χ2n) is 5.55. The van der Waals surface area contributed by atoms with Crippen LogP contribution in [0.4, 0.5) is 0 Å². The van der Waals surface area contributed by atoms with Gasteiger partial charge in [0, 0.05) is 37.3 Å². The van der Waals surface area contributed by atoms with Crippen LogP contribution < -0.4 is 0 Å². The summed E-state index contributed by atoms with van der Waals surface area (Å²) in [6.45, 7) is 13.7. The lowest BCUT2D eigenvalue weighted by molar-refractivity contribution is -0.126. The van der Waals surface area contributed by atoms with Gasteiger partial charge < -0.3 is 9.80 Å². The highest BCUT2D eigenvalue weighted by Crippen LogP contribution is 2.08. The van der Waals surface area contributed by atoms with Crippen molar-refractivity contribution < 1.29 is 9.59 Å². The number of hydrogen-bond acceptors (Lipinski definition) is 2. The highest BCUT2D eigenvalue weighted by Gasteiger charge is 2.16. The van der Waals surface area contributed by atoms with E-state index in [1.807, 2.05) is 49.1 Å². The van der Waals surface area contributed by atoms with Crippen molar-refractivity contribution in [2.75, 3.05) is 26.2 Å². The van der Waals surface area contributed by atoms with Gasteiger partial charge in [0.15, 0.2) is 0 Å². The zero-order valence-corrected chi connectivity index (χ0v) is 15.3. The quantitative estimate of drug-likeness (QED) is 0.481. The molecule has 4 heteroatoms. The maximum absolute atomic E-state index is 12.5. The maximum Gasteiger partial charge on any atom is 0.253 e. The Kier molecular flexibility index (Phi) is 9.01. The Hall–Kier alpha value is -2.62. The van der Waals surface area contributed by atoms with Gasteiger partial charge in [0.1, 0.15) is 0 Å². The first kappa shape index (κ1) is 20.4. The number of rotatable bonds is 10. The van der Waals surface area contributed by atoms with Crippen molar-refractivity contribution in [2.45, 2.75) is 20.3 Å². The van der Waals surface area contributed by atoms with Crippen molar-refractivity contribution in [3.8, 4) is 0 Å². The van der Waals surface area contributed by atoms with Gasteiger partial charge in [0.05, 0.1) is 0 Å². The summed E-state index contributed by atoms with van der Waals surface area (Å²) in [5, 5.41) is 0. The molecule has 25 heavy (non-hydrogen) atoms. The average molecular weight is 340 g/mol. The number of allylic oxidation sites excluding steroid dienone is 2. The second-order valence-corrected chi connectivity index (χ2v) is 5.55. The fourth-order valence-electron chi connectivity index (χ4n) is 2.56. The van der Waals surface area contributed by atoms with Crippen LogP contribution in [0, 0.1) is 0 Å². The summed E-state index contributed by atoms with van der Waals surface area (Å²) >= 11 is 0. The van der Waals surface area contributed by atoms with Crippen LogP contribution in [0.1, 0.15) is 30.6 Å². The molecular weight excluding hydrogens is 312 g/mol. The summed E-state index contributed by atoms with van der Waals surface area (Å²) in [6.07, 6.45) is 5.52. The molecule has 0 bridgehead atoms. The molecule has 0 aliphatic rings. The number of amides is 2. The molecule has 0 heterocycles. The van der Waals surface area contributed by atoms with Crippen molar-refractivity contribution in [1.29, 1.82) is 0 Å². The van der Waals surface area contributed by atoms with Gasteiger partial charge in [-0.05, 0) is 32.4 Å². The fourth-order valence-corrected chi connectivity index (χ4v) is 2.56. The molecule has 1 aromatic rings. The highest BCUT2D eigenvalue weighted by atomic mass is 16.2. The van der Waals surface area contributed by atoms with E-state index in [0.717, 1.165) is 6.42 Å². The molecule has 134 valence electrons. The Bertz CT molecular complexity index is 620. The molecule has 0 unspecified atom stereocenters. The summed E-state index contributed by atoms with van der Waals surface area (Å²) in [6, 6.07) is 9.26. The van der Waals surface area contributed by atoms with Crippen molar-refractivity contribution in [2.24, 2.45) is 0 Å². The van der Waals surface area contributed by atoms with Crippen LogP contribution in [-0.2, 0) is 4.79 Å². The average Bonchev–Trinajstić information content (AvgIpc) is 2.66. The third-order valence-corrected chi connectivity index (χ3v) is 3.98. The zero-order valence-electron chi connectivity index (χ0n) is 15.3. The zero-order chi connectivity index (χ0) is 18.7. The summed E-state index contributed by atoms with van der Waals surface area (Å²) in [5.41, 5.74) is 1.22. The first-order chi connectivity index (χ1) is 12.1. The molecular formula is C21H28N2O2. The lowest BCUT2D eigenvalue weighted by atomic mass is 10.2. The molecule has 0 atom stereocenters. The van der Waals surface area contributed by atoms with E-state index >= 15 is 0 Å². The molecule has 0 N–H and O–H groups in total. The van der Waals surface area contributed by atoms with E-state index in [9.17, 15) is 9.59 Å². The van der Waals surface area contributed by atoms with Gasteiger partial charge in [0.2, 0.25) is 0 Å². The topological polar surface area (TPSA) is 40.6 Å².